The summed E-state index contributed by atoms with van der Waals surface area (Å²) in [5.74, 6) is -0.410. The Kier molecular flexibility index (Phi) is 3.72. The van der Waals surface area contributed by atoms with Gasteiger partial charge in [-0.15, -0.1) is 0 Å². The van der Waals surface area contributed by atoms with Crippen molar-refractivity contribution in [3.05, 3.63) is 83.6 Å². The number of nitrogens with zero attached hydrogens (tertiary/aromatic N) is 4. The minimum absolute atomic E-state index is 0.107. The van der Waals surface area contributed by atoms with E-state index in [9.17, 15) is 4.79 Å². The first-order chi connectivity index (χ1) is 13.6. The number of rotatable bonds is 3. The Balaban J connectivity index is 1.48. The van der Waals surface area contributed by atoms with Crippen molar-refractivity contribution >= 4 is 16.8 Å². The van der Waals surface area contributed by atoms with E-state index in [2.05, 4.69) is 10.1 Å². The fraction of sp³-hybridized carbons (Fsp3) is 0.136. The lowest BCUT2D eigenvalue weighted by atomic mass is 10.0. The number of hydrogen-bond donors (Lipinski definition) is 0. The van der Waals surface area contributed by atoms with Gasteiger partial charge in [0.25, 0.3) is 5.91 Å². The highest BCUT2D eigenvalue weighted by atomic mass is 19.1. The summed E-state index contributed by atoms with van der Waals surface area (Å²) in [5, 5.41) is 5.32. The maximum atomic E-state index is 15.3. The van der Waals surface area contributed by atoms with Gasteiger partial charge in [0, 0.05) is 42.5 Å². The van der Waals surface area contributed by atoms with Crippen molar-refractivity contribution in [1.82, 2.24) is 19.7 Å². The van der Waals surface area contributed by atoms with Gasteiger partial charge < -0.3 is 4.90 Å². The fourth-order valence-electron chi connectivity index (χ4n) is 3.76. The minimum atomic E-state index is -0.303. The summed E-state index contributed by atoms with van der Waals surface area (Å²) >= 11 is 0. The van der Waals surface area contributed by atoms with Crippen molar-refractivity contribution in [3.63, 3.8) is 0 Å². The molecule has 3 heterocycles. The van der Waals surface area contributed by atoms with Crippen LogP contribution in [0.25, 0.3) is 22.0 Å². The molecule has 0 saturated heterocycles. The maximum absolute atomic E-state index is 15.3. The summed E-state index contributed by atoms with van der Waals surface area (Å²) in [4.78, 5) is 18.5. The number of halogens is 1. The zero-order chi connectivity index (χ0) is 19.3. The molecule has 28 heavy (non-hydrogen) atoms. The lowest BCUT2D eigenvalue weighted by Crippen LogP contribution is -2.23. The molecule has 1 aliphatic heterocycles. The number of aromatic nitrogens is 3. The standard InChI is InChI=1S/C22H17FN4O/c1-26-11-16-10-14(7-8-19(16)25-26)17-5-2-4-15(21(17)23)12-27-13-20-18(22(27)28)6-3-9-24-20/h2-11H,12-13H2,1H3. The maximum Gasteiger partial charge on any atom is 0.256 e. The minimum Gasteiger partial charge on any atom is -0.328 e. The monoisotopic (exact) mass is 372 g/mol. The van der Waals surface area contributed by atoms with Crippen molar-refractivity contribution < 1.29 is 9.18 Å². The number of pyridine rings is 1. The van der Waals surface area contributed by atoms with Crippen LogP contribution in [0.1, 0.15) is 21.6 Å². The Morgan fingerprint density at radius 3 is 2.82 bits per heavy atom. The summed E-state index contributed by atoms with van der Waals surface area (Å²) in [6.45, 7) is 0.615. The van der Waals surface area contributed by atoms with Gasteiger partial charge in [0.15, 0.2) is 0 Å². The van der Waals surface area contributed by atoms with E-state index in [1.165, 1.54) is 0 Å². The van der Waals surface area contributed by atoms with Crippen LogP contribution in [-0.2, 0) is 20.1 Å². The molecule has 0 bridgehead atoms. The van der Waals surface area contributed by atoms with Gasteiger partial charge in [-0.2, -0.15) is 5.10 Å². The summed E-state index contributed by atoms with van der Waals surface area (Å²) in [7, 11) is 1.86. The number of hydrogen-bond acceptors (Lipinski definition) is 3. The van der Waals surface area contributed by atoms with Gasteiger partial charge in [-0.1, -0.05) is 24.3 Å². The molecule has 0 unspecified atom stereocenters. The first-order valence-corrected chi connectivity index (χ1v) is 9.04. The number of carbonyl (C=O) groups is 1. The van der Waals surface area contributed by atoms with Crippen molar-refractivity contribution in [2.45, 2.75) is 13.1 Å². The van der Waals surface area contributed by atoms with E-state index in [1.54, 1.807) is 40.0 Å². The third-order valence-electron chi connectivity index (χ3n) is 5.12. The molecule has 0 saturated carbocycles. The Morgan fingerprint density at radius 2 is 1.96 bits per heavy atom. The molecular weight excluding hydrogens is 355 g/mol. The van der Waals surface area contributed by atoms with Crippen LogP contribution in [0.3, 0.4) is 0 Å². The second kappa shape index (κ2) is 6.27. The Hall–Kier alpha value is -3.54. The van der Waals surface area contributed by atoms with E-state index >= 15 is 4.39 Å². The van der Waals surface area contributed by atoms with Crippen LogP contribution in [0.15, 0.2) is 60.9 Å². The molecule has 2 aromatic heterocycles. The van der Waals surface area contributed by atoms with Gasteiger partial charge in [0.2, 0.25) is 0 Å². The SMILES string of the molecule is Cn1cc2cc(-c3cccc(CN4Cc5ncccc5C4=O)c3F)ccc2n1. The average Bonchev–Trinajstić information content (AvgIpc) is 3.22. The zero-order valence-corrected chi connectivity index (χ0v) is 15.3. The molecule has 4 aromatic rings. The lowest BCUT2D eigenvalue weighted by Gasteiger charge is -2.17. The fourth-order valence-corrected chi connectivity index (χ4v) is 3.76. The lowest BCUT2D eigenvalue weighted by molar-refractivity contribution is 0.0765. The molecule has 1 amide bonds. The highest BCUT2D eigenvalue weighted by Crippen LogP contribution is 2.30. The smallest absolute Gasteiger partial charge is 0.256 e. The van der Waals surface area contributed by atoms with Crippen LogP contribution in [-0.4, -0.2) is 25.6 Å². The molecule has 0 radical (unpaired) electrons. The molecule has 5 rings (SSSR count). The second-order valence-corrected chi connectivity index (χ2v) is 7.01. The highest BCUT2D eigenvalue weighted by molar-refractivity contribution is 5.97. The summed E-state index contributed by atoms with van der Waals surface area (Å²) in [6, 6.07) is 14.5. The number of fused-ring (bicyclic) bond motifs is 2. The van der Waals surface area contributed by atoms with Crippen molar-refractivity contribution in [2.75, 3.05) is 0 Å². The molecule has 138 valence electrons. The number of carbonyl (C=O) groups excluding carboxylic acids is 1. The molecule has 5 nitrogen and oxygen atoms in total. The van der Waals surface area contributed by atoms with Crippen LogP contribution in [0.2, 0.25) is 0 Å². The predicted molar refractivity (Wildman–Crippen MR) is 104 cm³/mol. The number of amides is 1. The quantitative estimate of drug-likeness (QED) is 0.548. The third kappa shape index (κ3) is 2.65. The van der Waals surface area contributed by atoms with Crippen LogP contribution < -0.4 is 0 Å². The number of benzene rings is 2. The molecule has 6 heteroatoms. The zero-order valence-electron chi connectivity index (χ0n) is 15.3. The summed E-state index contributed by atoms with van der Waals surface area (Å²) < 4.78 is 17.0. The molecule has 0 spiro atoms. The van der Waals surface area contributed by atoms with Crippen molar-refractivity contribution in [1.29, 1.82) is 0 Å². The van der Waals surface area contributed by atoms with E-state index < -0.39 is 0 Å². The third-order valence-corrected chi connectivity index (χ3v) is 5.12. The van der Waals surface area contributed by atoms with E-state index in [0.717, 1.165) is 22.2 Å². The van der Waals surface area contributed by atoms with E-state index in [1.807, 2.05) is 37.5 Å². The Morgan fingerprint density at radius 1 is 1.11 bits per heavy atom. The van der Waals surface area contributed by atoms with Crippen molar-refractivity contribution in [2.24, 2.45) is 7.05 Å². The van der Waals surface area contributed by atoms with Crippen LogP contribution in [0, 0.1) is 5.82 Å². The molecule has 0 aliphatic carbocycles. The van der Waals surface area contributed by atoms with Gasteiger partial charge in [-0.25, -0.2) is 4.39 Å². The topological polar surface area (TPSA) is 51.0 Å². The molecule has 0 fully saturated rings. The van der Waals surface area contributed by atoms with Gasteiger partial charge in [0.05, 0.1) is 23.3 Å². The first kappa shape index (κ1) is 16.6. The number of aryl methyl sites for hydroxylation is 1. The van der Waals surface area contributed by atoms with E-state index in [-0.39, 0.29) is 18.3 Å². The highest BCUT2D eigenvalue weighted by Gasteiger charge is 2.28. The summed E-state index contributed by atoms with van der Waals surface area (Å²) in [5.41, 5.74) is 4.01. The Bertz CT molecular complexity index is 1230. The van der Waals surface area contributed by atoms with Crippen LogP contribution in [0.5, 0.6) is 0 Å². The largest absolute Gasteiger partial charge is 0.328 e. The molecule has 2 aromatic carbocycles. The molecule has 0 atom stereocenters. The Labute approximate surface area is 161 Å². The van der Waals surface area contributed by atoms with Gasteiger partial charge in [-0.3, -0.25) is 14.5 Å². The van der Waals surface area contributed by atoms with Crippen LogP contribution in [0.4, 0.5) is 4.39 Å². The molecular formula is C22H17FN4O. The summed E-state index contributed by atoms with van der Waals surface area (Å²) in [6.07, 6.45) is 3.58. The molecule has 0 N–H and O–H groups in total. The van der Waals surface area contributed by atoms with Gasteiger partial charge in [0.1, 0.15) is 5.82 Å². The van der Waals surface area contributed by atoms with E-state index in [4.69, 9.17) is 0 Å². The predicted octanol–water partition coefficient (Wildman–Crippen LogP) is 3.93. The molecule has 1 aliphatic rings. The van der Waals surface area contributed by atoms with Crippen LogP contribution >= 0.6 is 0 Å². The van der Waals surface area contributed by atoms with Gasteiger partial charge in [-0.05, 0) is 29.8 Å². The van der Waals surface area contributed by atoms with Crippen molar-refractivity contribution in [3.8, 4) is 11.1 Å². The normalized spacial score (nSPS) is 13.4. The average molecular weight is 372 g/mol. The first-order valence-electron chi connectivity index (χ1n) is 9.04. The second-order valence-electron chi connectivity index (χ2n) is 7.01. The van der Waals surface area contributed by atoms with Gasteiger partial charge >= 0.3 is 0 Å². The van der Waals surface area contributed by atoms with E-state index in [0.29, 0.717) is 23.2 Å².